The number of aliphatic carboxylic acids is 1. The van der Waals surface area contributed by atoms with Gasteiger partial charge in [-0.1, -0.05) is 19.8 Å². The van der Waals surface area contributed by atoms with Crippen molar-refractivity contribution in [2.45, 2.75) is 51.1 Å². The molecule has 20 heavy (non-hydrogen) atoms. The van der Waals surface area contributed by atoms with Crippen molar-refractivity contribution in [2.75, 3.05) is 6.61 Å². The van der Waals surface area contributed by atoms with Gasteiger partial charge in [-0.25, -0.2) is 0 Å². The molecule has 1 aliphatic rings. The molecule has 3 N–H and O–H groups in total. The molecule has 5 heteroatoms. The van der Waals surface area contributed by atoms with E-state index in [-0.39, 0.29) is 18.6 Å². The van der Waals surface area contributed by atoms with Crippen LogP contribution in [0, 0.1) is 5.92 Å². The summed E-state index contributed by atoms with van der Waals surface area (Å²) in [6.07, 6.45) is 4.51. The number of hydrogen-bond acceptors (Lipinski definition) is 4. The lowest BCUT2D eigenvalue weighted by molar-refractivity contribution is -0.136. The number of nitrogens with one attached hydrogen (secondary N) is 1. The van der Waals surface area contributed by atoms with E-state index in [1.165, 1.54) is 17.8 Å². The Kier molecular flexibility index (Phi) is 5.18. The highest BCUT2D eigenvalue weighted by atomic mass is 32.1. The number of aliphatic hydroxyl groups is 1. The van der Waals surface area contributed by atoms with Crippen molar-refractivity contribution in [1.29, 1.82) is 0 Å². The molecule has 0 bridgehead atoms. The van der Waals surface area contributed by atoms with Crippen molar-refractivity contribution in [2.24, 2.45) is 5.92 Å². The summed E-state index contributed by atoms with van der Waals surface area (Å²) in [5, 5.41) is 22.0. The third-order valence-electron chi connectivity index (χ3n) is 4.07. The highest BCUT2D eigenvalue weighted by molar-refractivity contribution is 7.12. The predicted molar refractivity (Wildman–Crippen MR) is 79.9 cm³/mol. The van der Waals surface area contributed by atoms with Crippen LogP contribution in [0.1, 0.15) is 42.4 Å². The number of carbonyl (C=O) groups is 1. The average Bonchev–Trinajstić information content (AvgIpc) is 2.83. The van der Waals surface area contributed by atoms with Gasteiger partial charge < -0.3 is 15.5 Å². The normalized spacial score (nSPS) is 26.6. The topological polar surface area (TPSA) is 69.6 Å². The summed E-state index contributed by atoms with van der Waals surface area (Å²) in [5.74, 6) is -0.145. The van der Waals surface area contributed by atoms with E-state index in [0.29, 0.717) is 12.5 Å². The van der Waals surface area contributed by atoms with E-state index < -0.39 is 5.97 Å². The van der Waals surface area contributed by atoms with E-state index in [9.17, 15) is 9.90 Å². The predicted octanol–water partition coefficient (Wildman–Crippen LogP) is 2.41. The van der Waals surface area contributed by atoms with E-state index in [2.05, 4.69) is 12.2 Å². The fourth-order valence-corrected chi connectivity index (χ4v) is 4.01. The Morgan fingerprint density at radius 1 is 1.50 bits per heavy atom. The van der Waals surface area contributed by atoms with E-state index in [0.717, 1.165) is 29.0 Å². The van der Waals surface area contributed by atoms with E-state index in [4.69, 9.17) is 5.11 Å². The first-order valence-electron chi connectivity index (χ1n) is 7.18. The molecule has 4 nitrogen and oxygen atoms in total. The lowest BCUT2D eigenvalue weighted by Gasteiger charge is -2.39. The molecule has 2 atom stereocenters. The average molecular weight is 297 g/mol. The van der Waals surface area contributed by atoms with Crippen molar-refractivity contribution >= 4 is 17.3 Å². The van der Waals surface area contributed by atoms with Gasteiger partial charge in [-0.3, -0.25) is 4.79 Å². The summed E-state index contributed by atoms with van der Waals surface area (Å²) in [6, 6.07) is 3.86. The van der Waals surface area contributed by atoms with Crippen molar-refractivity contribution in [3.63, 3.8) is 0 Å². The van der Waals surface area contributed by atoms with Gasteiger partial charge in [0.2, 0.25) is 0 Å². The zero-order chi connectivity index (χ0) is 14.6. The number of aliphatic hydroxyl groups excluding tert-OH is 1. The van der Waals surface area contributed by atoms with E-state index in [1.54, 1.807) is 0 Å². The lowest BCUT2D eigenvalue weighted by atomic mass is 9.77. The third-order valence-corrected chi connectivity index (χ3v) is 5.16. The zero-order valence-corrected chi connectivity index (χ0v) is 12.7. The SMILES string of the molecule is CC1CCCC(CO)(NCc2ccc(CC(=O)O)s2)C1. The van der Waals surface area contributed by atoms with Gasteiger partial charge in [0, 0.05) is 21.8 Å². The van der Waals surface area contributed by atoms with Crippen molar-refractivity contribution in [3.8, 4) is 0 Å². The van der Waals surface area contributed by atoms with Crippen molar-refractivity contribution in [3.05, 3.63) is 21.9 Å². The Hall–Kier alpha value is -0.910. The summed E-state index contributed by atoms with van der Waals surface area (Å²) in [5.41, 5.74) is -0.158. The van der Waals surface area contributed by atoms with E-state index in [1.807, 2.05) is 12.1 Å². The lowest BCUT2D eigenvalue weighted by Crippen LogP contribution is -2.50. The molecule has 0 radical (unpaired) electrons. The summed E-state index contributed by atoms with van der Waals surface area (Å²) in [4.78, 5) is 12.7. The molecule has 2 rings (SSSR count). The number of hydrogen-bond donors (Lipinski definition) is 3. The maximum atomic E-state index is 10.7. The molecule has 0 amide bonds. The Morgan fingerprint density at radius 2 is 2.25 bits per heavy atom. The highest BCUT2D eigenvalue weighted by Gasteiger charge is 2.33. The first kappa shape index (κ1) is 15.5. The molecule has 0 saturated heterocycles. The Morgan fingerprint density at radius 3 is 2.90 bits per heavy atom. The minimum absolute atomic E-state index is 0.0901. The number of thiophene rings is 1. The molecule has 0 aliphatic heterocycles. The fourth-order valence-electron chi connectivity index (χ4n) is 3.06. The minimum Gasteiger partial charge on any atom is -0.481 e. The van der Waals surface area contributed by atoms with Gasteiger partial charge in [0.15, 0.2) is 0 Å². The summed E-state index contributed by atoms with van der Waals surface area (Å²) in [7, 11) is 0. The molecule has 1 aromatic heterocycles. The third kappa shape index (κ3) is 4.04. The maximum absolute atomic E-state index is 10.7. The van der Waals surface area contributed by atoms with Crippen molar-refractivity contribution < 1.29 is 15.0 Å². The summed E-state index contributed by atoms with van der Waals surface area (Å²) < 4.78 is 0. The van der Waals surface area contributed by atoms with Gasteiger partial charge in [-0.05, 0) is 30.9 Å². The van der Waals surface area contributed by atoms with Crippen molar-refractivity contribution in [1.82, 2.24) is 5.32 Å². The molecule has 1 aliphatic carbocycles. The van der Waals surface area contributed by atoms with Gasteiger partial charge >= 0.3 is 5.97 Å². The zero-order valence-electron chi connectivity index (χ0n) is 11.9. The first-order chi connectivity index (χ1) is 9.53. The van der Waals surface area contributed by atoms with Gasteiger partial charge in [0.25, 0.3) is 0 Å². The number of carboxylic acid groups (broad SMARTS) is 1. The van der Waals surface area contributed by atoms with Crippen LogP contribution in [0.5, 0.6) is 0 Å². The van der Waals surface area contributed by atoms with Gasteiger partial charge in [-0.15, -0.1) is 11.3 Å². The van der Waals surface area contributed by atoms with Crippen LogP contribution in [0.15, 0.2) is 12.1 Å². The quantitative estimate of drug-likeness (QED) is 0.754. The molecule has 2 unspecified atom stereocenters. The minimum atomic E-state index is -0.792. The molecule has 0 aromatic carbocycles. The monoisotopic (exact) mass is 297 g/mol. The maximum Gasteiger partial charge on any atom is 0.308 e. The molecule has 112 valence electrons. The highest BCUT2D eigenvalue weighted by Crippen LogP contribution is 2.32. The van der Waals surface area contributed by atoms with Crippen LogP contribution in [-0.4, -0.2) is 28.3 Å². The Labute approximate surface area is 123 Å². The molecule has 1 fully saturated rings. The van der Waals surface area contributed by atoms with Crippen LogP contribution in [0.2, 0.25) is 0 Å². The fraction of sp³-hybridized carbons (Fsp3) is 0.667. The number of rotatable bonds is 6. The number of carboxylic acids is 1. The first-order valence-corrected chi connectivity index (χ1v) is 8.00. The molecular formula is C15H23NO3S. The van der Waals surface area contributed by atoms with Crippen LogP contribution in [0.4, 0.5) is 0 Å². The van der Waals surface area contributed by atoms with Gasteiger partial charge in [0.1, 0.15) is 0 Å². The second-order valence-corrected chi connectivity index (χ2v) is 7.18. The van der Waals surface area contributed by atoms with Crippen LogP contribution in [0.25, 0.3) is 0 Å². The summed E-state index contributed by atoms with van der Waals surface area (Å²) >= 11 is 1.53. The van der Waals surface area contributed by atoms with Gasteiger partial charge in [0.05, 0.1) is 13.0 Å². The smallest absolute Gasteiger partial charge is 0.308 e. The van der Waals surface area contributed by atoms with Crippen LogP contribution in [0.3, 0.4) is 0 Å². The standard InChI is InChI=1S/C15H23NO3S/c1-11-3-2-6-15(8-11,10-17)16-9-13-5-4-12(20-13)7-14(18)19/h4-5,11,16-17H,2-3,6-10H2,1H3,(H,18,19). The second-order valence-electron chi connectivity index (χ2n) is 5.93. The second kappa shape index (κ2) is 6.70. The molecule has 1 saturated carbocycles. The molecule has 1 heterocycles. The molecule has 0 spiro atoms. The van der Waals surface area contributed by atoms with E-state index >= 15 is 0 Å². The Bertz CT molecular complexity index is 460. The molecular weight excluding hydrogens is 274 g/mol. The van der Waals surface area contributed by atoms with Crippen LogP contribution < -0.4 is 5.32 Å². The van der Waals surface area contributed by atoms with Crippen LogP contribution >= 0.6 is 11.3 Å². The Balaban J connectivity index is 1.92. The van der Waals surface area contributed by atoms with Gasteiger partial charge in [-0.2, -0.15) is 0 Å². The largest absolute Gasteiger partial charge is 0.481 e. The van der Waals surface area contributed by atoms with Crippen LogP contribution in [-0.2, 0) is 17.8 Å². The molecule has 1 aromatic rings. The summed E-state index contributed by atoms with van der Waals surface area (Å²) in [6.45, 7) is 3.11.